The van der Waals surface area contributed by atoms with Crippen molar-refractivity contribution in [1.29, 1.82) is 0 Å². The Labute approximate surface area is 102 Å². The van der Waals surface area contributed by atoms with Crippen LogP contribution in [-0.2, 0) is 5.41 Å². The molecule has 0 aliphatic rings. The van der Waals surface area contributed by atoms with Crippen LogP contribution in [0.15, 0.2) is 12.5 Å². The van der Waals surface area contributed by atoms with Crippen molar-refractivity contribution in [2.45, 2.75) is 46.0 Å². The van der Waals surface area contributed by atoms with Gasteiger partial charge in [0.1, 0.15) is 23.2 Å². The maximum Gasteiger partial charge on any atom is 0.131 e. The molecule has 17 heavy (non-hydrogen) atoms. The summed E-state index contributed by atoms with van der Waals surface area (Å²) in [6, 6.07) is 0. The van der Waals surface area contributed by atoms with Gasteiger partial charge >= 0.3 is 0 Å². The van der Waals surface area contributed by atoms with Gasteiger partial charge in [-0.15, -0.1) is 0 Å². The van der Waals surface area contributed by atoms with Crippen LogP contribution in [0.5, 0.6) is 0 Å². The van der Waals surface area contributed by atoms with E-state index < -0.39 is 0 Å². The Kier molecular flexibility index (Phi) is 2.81. The molecule has 4 nitrogen and oxygen atoms in total. The second-order valence-corrected chi connectivity index (χ2v) is 5.59. The zero-order chi connectivity index (χ0) is 12.6. The van der Waals surface area contributed by atoms with E-state index in [0.717, 1.165) is 22.6 Å². The van der Waals surface area contributed by atoms with E-state index in [2.05, 4.69) is 54.6 Å². The second kappa shape index (κ2) is 4.02. The lowest BCUT2D eigenvalue weighted by Gasteiger charge is -2.18. The Hall–Kier alpha value is -1.58. The van der Waals surface area contributed by atoms with E-state index >= 15 is 0 Å². The average molecular weight is 230 g/mol. The Morgan fingerprint density at radius 3 is 2.35 bits per heavy atom. The van der Waals surface area contributed by atoms with Gasteiger partial charge < -0.3 is 0 Å². The lowest BCUT2D eigenvalue weighted by atomic mass is 9.91. The van der Waals surface area contributed by atoms with Crippen molar-refractivity contribution in [3.63, 3.8) is 0 Å². The van der Waals surface area contributed by atoms with Gasteiger partial charge in [-0.3, -0.25) is 0 Å². The molecule has 0 aliphatic heterocycles. The molecule has 0 amide bonds. The predicted molar refractivity (Wildman–Crippen MR) is 67.9 cm³/mol. The molecule has 90 valence electrons. The number of hydrogen-bond donors (Lipinski definition) is 0. The normalized spacial score (nSPS) is 12.4. The minimum Gasteiger partial charge on any atom is -0.239 e. The molecule has 0 bridgehead atoms. The highest BCUT2D eigenvalue weighted by Crippen LogP contribution is 2.25. The fourth-order valence-electron chi connectivity index (χ4n) is 1.69. The maximum atomic E-state index is 4.61. The minimum absolute atomic E-state index is 0.0379. The molecular weight excluding hydrogens is 212 g/mol. The van der Waals surface area contributed by atoms with E-state index in [1.165, 1.54) is 0 Å². The van der Waals surface area contributed by atoms with Crippen molar-refractivity contribution in [2.24, 2.45) is 0 Å². The van der Waals surface area contributed by atoms with Gasteiger partial charge in [-0.1, -0.05) is 34.6 Å². The fourth-order valence-corrected chi connectivity index (χ4v) is 1.69. The van der Waals surface area contributed by atoms with Crippen LogP contribution >= 0.6 is 0 Å². The smallest absolute Gasteiger partial charge is 0.131 e. The molecule has 0 fully saturated rings. The number of rotatable bonds is 1. The van der Waals surface area contributed by atoms with Gasteiger partial charge in [0.15, 0.2) is 0 Å². The molecule has 0 N–H and O–H groups in total. The van der Waals surface area contributed by atoms with Crippen LogP contribution in [0.3, 0.4) is 0 Å². The maximum absolute atomic E-state index is 4.61. The molecule has 0 saturated carbocycles. The summed E-state index contributed by atoms with van der Waals surface area (Å²) in [5.74, 6) is 1.16. The van der Waals surface area contributed by atoms with Gasteiger partial charge in [-0.2, -0.15) is 0 Å². The van der Waals surface area contributed by atoms with Crippen molar-refractivity contribution < 1.29 is 0 Å². The number of hydrogen-bond acceptors (Lipinski definition) is 4. The van der Waals surface area contributed by atoms with E-state index in [4.69, 9.17) is 0 Å². The largest absolute Gasteiger partial charge is 0.239 e. The van der Waals surface area contributed by atoms with Crippen LogP contribution in [0.1, 0.15) is 52.1 Å². The van der Waals surface area contributed by atoms with Gasteiger partial charge in [0, 0.05) is 11.3 Å². The Balaban J connectivity index is 2.73. The Bertz CT molecular complexity index is 541. The molecule has 2 heterocycles. The van der Waals surface area contributed by atoms with E-state index in [-0.39, 0.29) is 5.41 Å². The summed E-state index contributed by atoms with van der Waals surface area (Å²) in [4.78, 5) is 17.5. The first-order valence-corrected chi connectivity index (χ1v) is 5.87. The van der Waals surface area contributed by atoms with Gasteiger partial charge in [-0.05, 0) is 0 Å². The highest BCUT2D eigenvalue weighted by Gasteiger charge is 2.20. The van der Waals surface area contributed by atoms with E-state index in [1.54, 1.807) is 12.5 Å². The molecule has 0 spiro atoms. The fraction of sp³-hybridized carbons (Fsp3) is 0.538. The topological polar surface area (TPSA) is 51.6 Å². The van der Waals surface area contributed by atoms with Crippen LogP contribution in [0, 0.1) is 0 Å². The molecule has 0 aliphatic carbocycles. The molecule has 0 radical (unpaired) electrons. The lowest BCUT2D eigenvalue weighted by Crippen LogP contribution is -2.15. The summed E-state index contributed by atoms with van der Waals surface area (Å²) in [5.41, 5.74) is 2.63. The first-order chi connectivity index (χ1) is 7.89. The van der Waals surface area contributed by atoms with Crippen molar-refractivity contribution >= 4 is 11.0 Å². The molecule has 0 saturated heterocycles. The summed E-state index contributed by atoms with van der Waals surface area (Å²) in [5, 5.41) is 0. The highest BCUT2D eigenvalue weighted by atomic mass is 14.9. The van der Waals surface area contributed by atoms with Crippen molar-refractivity contribution in [3.8, 4) is 0 Å². The molecular formula is C13H18N4. The highest BCUT2D eigenvalue weighted by molar-refractivity contribution is 5.76. The zero-order valence-corrected chi connectivity index (χ0v) is 11.0. The third-order valence-electron chi connectivity index (χ3n) is 2.62. The van der Waals surface area contributed by atoms with Crippen LogP contribution in [0.25, 0.3) is 11.0 Å². The summed E-state index contributed by atoms with van der Waals surface area (Å²) < 4.78 is 0. The summed E-state index contributed by atoms with van der Waals surface area (Å²) in [6.45, 7) is 10.6. The number of nitrogens with zero attached hydrogens (tertiary/aromatic N) is 4. The average Bonchev–Trinajstić information content (AvgIpc) is 2.26. The molecule has 0 aromatic carbocycles. The monoisotopic (exact) mass is 230 g/mol. The molecule has 4 heteroatoms. The van der Waals surface area contributed by atoms with Crippen LogP contribution in [-0.4, -0.2) is 19.9 Å². The van der Waals surface area contributed by atoms with Gasteiger partial charge in [0.05, 0.1) is 11.9 Å². The minimum atomic E-state index is -0.0379. The molecule has 0 atom stereocenters. The molecule has 0 unspecified atom stereocenters. The van der Waals surface area contributed by atoms with Crippen LogP contribution in [0.4, 0.5) is 0 Å². The van der Waals surface area contributed by atoms with E-state index in [0.29, 0.717) is 5.92 Å². The van der Waals surface area contributed by atoms with Gasteiger partial charge in [-0.25, -0.2) is 19.9 Å². The lowest BCUT2D eigenvalue weighted by molar-refractivity contribution is 0.571. The Morgan fingerprint density at radius 2 is 1.76 bits per heavy atom. The van der Waals surface area contributed by atoms with E-state index in [9.17, 15) is 0 Å². The third-order valence-corrected chi connectivity index (χ3v) is 2.62. The van der Waals surface area contributed by atoms with Gasteiger partial charge in [0.2, 0.25) is 0 Å². The van der Waals surface area contributed by atoms with Gasteiger partial charge in [0.25, 0.3) is 0 Å². The zero-order valence-electron chi connectivity index (χ0n) is 11.0. The molecule has 2 aromatic heterocycles. The standard InChI is InChI=1S/C13H18N4/c1-8(2)12-14-6-9-10(17-12)11(13(3,4)5)16-7-15-9/h6-8H,1-5H3. The quantitative estimate of drug-likeness (QED) is 0.756. The van der Waals surface area contributed by atoms with Crippen LogP contribution < -0.4 is 0 Å². The predicted octanol–water partition coefficient (Wildman–Crippen LogP) is 2.84. The summed E-state index contributed by atoms with van der Waals surface area (Å²) in [7, 11) is 0. The number of aromatic nitrogens is 4. The number of fused-ring (bicyclic) bond motifs is 1. The third kappa shape index (κ3) is 2.25. The molecule has 2 rings (SSSR count). The van der Waals surface area contributed by atoms with Crippen molar-refractivity contribution in [3.05, 3.63) is 24.0 Å². The first kappa shape index (κ1) is 11.9. The Morgan fingerprint density at radius 1 is 1.06 bits per heavy atom. The second-order valence-electron chi connectivity index (χ2n) is 5.59. The van der Waals surface area contributed by atoms with Crippen molar-refractivity contribution in [2.75, 3.05) is 0 Å². The van der Waals surface area contributed by atoms with E-state index in [1.807, 2.05) is 0 Å². The first-order valence-electron chi connectivity index (χ1n) is 5.87. The summed E-state index contributed by atoms with van der Waals surface area (Å²) in [6.07, 6.45) is 3.37. The summed E-state index contributed by atoms with van der Waals surface area (Å²) >= 11 is 0. The van der Waals surface area contributed by atoms with Crippen molar-refractivity contribution in [1.82, 2.24) is 19.9 Å². The van der Waals surface area contributed by atoms with Crippen LogP contribution in [0.2, 0.25) is 0 Å². The SMILES string of the molecule is CC(C)c1ncc2ncnc(C(C)(C)C)c2n1. The molecule has 2 aromatic rings.